The van der Waals surface area contributed by atoms with Crippen molar-refractivity contribution in [1.29, 1.82) is 0 Å². The van der Waals surface area contributed by atoms with Crippen molar-refractivity contribution in [2.75, 3.05) is 6.54 Å². The van der Waals surface area contributed by atoms with Crippen molar-refractivity contribution in [3.8, 4) is 0 Å². The largest absolute Gasteiger partial charge is 0.305 e. The summed E-state index contributed by atoms with van der Waals surface area (Å²) in [7, 11) is 0. The van der Waals surface area contributed by atoms with Crippen LogP contribution in [0.3, 0.4) is 0 Å². The fourth-order valence-electron chi connectivity index (χ4n) is 4.12. The van der Waals surface area contributed by atoms with E-state index in [-0.39, 0.29) is 5.54 Å². The third kappa shape index (κ3) is 2.59. The Labute approximate surface area is 121 Å². The van der Waals surface area contributed by atoms with Gasteiger partial charge >= 0.3 is 0 Å². The smallest absolute Gasteiger partial charge is 0.113 e. The molecule has 2 nitrogen and oxygen atoms in total. The lowest BCUT2D eigenvalue weighted by Crippen LogP contribution is -2.47. The highest BCUT2D eigenvalue weighted by molar-refractivity contribution is 7.09. The van der Waals surface area contributed by atoms with E-state index >= 15 is 0 Å². The molecule has 3 heteroatoms. The van der Waals surface area contributed by atoms with Crippen molar-refractivity contribution in [3.05, 3.63) is 16.6 Å². The second-order valence-electron chi connectivity index (χ2n) is 6.55. The molecule has 0 amide bonds. The summed E-state index contributed by atoms with van der Waals surface area (Å²) in [5.41, 5.74) is 0.896. The van der Waals surface area contributed by atoms with Crippen LogP contribution in [0.25, 0.3) is 0 Å². The van der Waals surface area contributed by atoms with Gasteiger partial charge in [0.2, 0.25) is 0 Å². The number of nitrogens with one attached hydrogen (secondary N) is 1. The van der Waals surface area contributed by atoms with E-state index in [0.29, 0.717) is 5.41 Å². The van der Waals surface area contributed by atoms with Gasteiger partial charge in [-0.25, -0.2) is 4.98 Å². The summed E-state index contributed by atoms with van der Waals surface area (Å²) in [6.07, 6.45) is 14.5. The molecule has 2 aliphatic rings. The van der Waals surface area contributed by atoms with Crippen LogP contribution in [-0.2, 0) is 5.54 Å². The van der Waals surface area contributed by atoms with Gasteiger partial charge in [-0.3, -0.25) is 0 Å². The third-order valence-corrected chi connectivity index (χ3v) is 6.36. The van der Waals surface area contributed by atoms with E-state index in [1.54, 1.807) is 0 Å². The Morgan fingerprint density at radius 2 is 1.89 bits per heavy atom. The van der Waals surface area contributed by atoms with Gasteiger partial charge in [-0.05, 0) is 56.9 Å². The van der Waals surface area contributed by atoms with Gasteiger partial charge in [0.25, 0.3) is 0 Å². The molecule has 1 aromatic heterocycles. The molecule has 1 aromatic rings. The molecule has 0 radical (unpaired) electrons. The zero-order valence-corrected chi connectivity index (χ0v) is 12.9. The van der Waals surface area contributed by atoms with Crippen LogP contribution in [-0.4, -0.2) is 11.5 Å². The molecule has 0 aliphatic heterocycles. The molecule has 0 bridgehead atoms. The summed E-state index contributed by atoms with van der Waals surface area (Å²) < 4.78 is 0. The topological polar surface area (TPSA) is 24.9 Å². The normalized spacial score (nSPS) is 24.9. The van der Waals surface area contributed by atoms with Crippen molar-refractivity contribution in [2.45, 2.75) is 70.3 Å². The standard InChI is InChI=1S/C16H26N2S/c1-2-11-18-16(14-17-12-13-19-14)9-7-15(8-10-16)5-3-4-6-15/h12-13,18H,2-11H2,1H3. The predicted molar refractivity (Wildman–Crippen MR) is 81.5 cm³/mol. The van der Waals surface area contributed by atoms with Gasteiger partial charge < -0.3 is 5.32 Å². The van der Waals surface area contributed by atoms with Crippen LogP contribution in [0.2, 0.25) is 0 Å². The highest BCUT2D eigenvalue weighted by atomic mass is 32.1. The van der Waals surface area contributed by atoms with Gasteiger partial charge in [0.05, 0.1) is 5.54 Å². The molecule has 0 atom stereocenters. The average Bonchev–Trinajstić information content (AvgIpc) is 3.11. The van der Waals surface area contributed by atoms with E-state index in [1.165, 1.54) is 62.8 Å². The number of hydrogen-bond donors (Lipinski definition) is 1. The zero-order chi connectivity index (χ0) is 13.2. The Morgan fingerprint density at radius 3 is 2.47 bits per heavy atom. The van der Waals surface area contributed by atoms with E-state index in [0.717, 1.165) is 6.54 Å². The lowest BCUT2D eigenvalue weighted by Gasteiger charge is -2.44. The lowest BCUT2D eigenvalue weighted by atomic mass is 9.66. The lowest BCUT2D eigenvalue weighted by molar-refractivity contribution is 0.109. The summed E-state index contributed by atoms with van der Waals surface area (Å²) in [6, 6.07) is 0. The molecule has 0 aromatic carbocycles. The van der Waals surface area contributed by atoms with Crippen LogP contribution in [0.4, 0.5) is 0 Å². The first-order valence-corrected chi connectivity index (χ1v) is 8.82. The van der Waals surface area contributed by atoms with Crippen molar-refractivity contribution in [2.24, 2.45) is 5.41 Å². The molecular weight excluding hydrogens is 252 g/mol. The fraction of sp³-hybridized carbons (Fsp3) is 0.812. The second-order valence-corrected chi connectivity index (χ2v) is 7.45. The van der Waals surface area contributed by atoms with Crippen molar-refractivity contribution >= 4 is 11.3 Å². The first kappa shape index (κ1) is 13.6. The Morgan fingerprint density at radius 1 is 1.16 bits per heavy atom. The molecule has 0 unspecified atom stereocenters. The van der Waals surface area contributed by atoms with Crippen LogP contribution in [0.5, 0.6) is 0 Å². The first-order valence-electron chi connectivity index (χ1n) is 7.94. The fourth-order valence-corrected chi connectivity index (χ4v) is 5.00. The van der Waals surface area contributed by atoms with Gasteiger partial charge in [-0.2, -0.15) is 0 Å². The third-order valence-electron chi connectivity index (χ3n) is 5.38. The SMILES string of the molecule is CCCNC1(c2nccs2)CCC2(CCCC2)CC1. The molecule has 2 aliphatic carbocycles. The predicted octanol–water partition coefficient (Wildman–Crippen LogP) is 4.47. The van der Waals surface area contributed by atoms with Crippen LogP contribution in [0.1, 0.15) is 69.7 Å². The quantitative estimate of drug-likeness (QED) is 0.879. The molecule has 1 spiro atoms. The van der Waals surface area contributed by atoms with Gasteiger partial charge in [0.15, 0.2) is 0 Å². The number of nitrogens with zero attached hydrogens (tertiary/aromatic N) is 1. The molecule has 3 rings (SSSR count). The molecule has 1 heterocycles. The van der Waals surface area contributed by atoms with E-state index in [9.17, 15) is 0 Å². The number of rotatable bonds is 4. The molecular formula is C16H26N2S. The Hall–Kier alpha value is -0.410. The summed E-state index contributed by atoms with van der Waals surface area (Å²) in [6.45, 7) is 3.37. The van der Waals surface area contributed by atoms with Crippen molar-refractivity contribution in [3.63, 3.8) is 0 Å². The van der Waals surface area contributed by atoms with Gasteiger partial charge in [0.1, 0.15) is 5.01 Å². The molecule has 19 heavy (non-hydrogen) atoms. The molecule has 0 saturated heterocycles. The molecule has 1 N–H and O–H groups in total. The first-order chi connectivity index (χ1) is 9.29. The molecule has 2 saturated carbocycles. The molecule has 2 fully saturated rings. The average molecular weight is 278 g/mol. The maximum absolute atomic E-state index is 4.64. The Kier molecular flexibility index (Phi) is 3.95. The summed E-state index contributed by atoms with van der Waals surface area (Å²) in [5, 5.41) is 7.30. The van der Waals surface area contributed by atoms with E-state index in [2.05, 4.69) is 22.6 Å². The van der Waals surface area contributed by atoms with Crippen LogP contribution < -0.4 is 5.32 Å². The highest BCUT2D eigenvalue weighted by Gasteiger charge is 2.45. The van der Waals surface area contributed by atoms with Crippen molar-refractivity contribution < 1.29 is 0 Å². The maximum atomic E-state index is 4.64. The van der Waals surface area contributed by atoms with Crippen LogP contribution in [0, 0.1) is 5.41 Å². The van der Waals surface area contributed by atoms with Crippen LogP contribution >= 0.6 is 11.3 Å². The number of thiazole rings is 1. The van der Waals surface area contributed by atoms with E-state index < -0.39 is 0 Å². The van der Waals surface area contributed by atoms with Gasteiger partial charge in [-0.1, -0.05) is 19.8 Å². The highest BCUT2D eigenvalue weighted by Crippen LogP contribution is 2.53. The van der Waals surface area contributed by atoms with E-state index in [1.807, 2.05) is 17.5 Å². The second kappa shape index (κ2) is 5.53. The van der Waals surface area contributed by atoms with E-state index in [4.69, 9.17) is 0 Å². The van der Waals surface area contributed by atoms with Crippen LogP contribution in [0.15, 0.2) is 11.6 Å². The number of aromatic nitrogens is 1. The number of hydrogen-bond acceptors (Lipinski definition) is 3. The summed E-state index contributed by atoms with van der Waals surface area (Å²) in [4.78, 5) is 4.64. The maximum Gasteiger partial charge on any atom is 0.113 e. The minimum Gasteiger partial charge on any atom is -0.305 e. The Bertz CT molecular complexity index is 383. The zero-order valence-electron chi connectivity index (χ0n) is 12.1. The molecule has 106 valence electrons. The van der Waals surface area contributed by atoms with Gasteiger partial charge in [0, 0.05) is 11.6 Å². The summed E-state index contributed by atoms with van der Waals surface area (Å²) in [5.74, 6) is 0. The monoisotopic (exact) mass is 278 g/mol. The minimum atomic E-state index is 0.192. The van der Waals surface area contributed by atoms with Gasteiger partial charge in [-0.15, -0.1) is 11.3 Å². The minimum absolute atomic E-state index is 0.192. The summed E-state index contributed by atoms with van der Waals surface area (Å²) >= 11 is 1.84. The van der Waals surface area contributed by atoms with Crippen molar-refractivity contribution in [1.82, 2.24) is 10.3 Å². The Balaban J connectivity index is 1.75.